The van der Waals surface area contributed by atoms with Crippen molar-refractivity contribution in [2.45, 2.75) is 6.42 Å². The highest BCUT2D eigenvalue weighted by Crippen LogP contribution is 2.38. The molecular formula is C18H13ClF2O5. The first kappa shape index (κ1) is 18.1. The third-order valence-electron chi connectivity index (χ3n) is 3.60. The lowest BCUT2D eigenvalue weighted by Gasteiger charge is -2.11. The van der Waals surface area contributed by atoms with E-state index in [9.17, 15) is 18.4 Å². The van der Waals surface area contributed by atoms with E-state index < -0.39 is 35.6 Å². The van der Waals surface area contributed by atoms with E-state index in [0.717, 1.165) is 18.2 Å². The Kier molecular flexibility index (Phi) is 5.37. The molecule has 3 rings (SSSR count). The minimum absolute atomic E-state index is 0.0479. The fourth-order valence-corrected chi connectivity index (χ4v) is 2.62. The average molecular weight is 383 g/mol. The van der Waals surface area contributed by atoms with Crippen molar-refractivity contribution in [2.24, 2.45) is 0 Å². The van der Waals surface area contributed by atoms with Crippen molar-refractivity contribution in [1.82, 2.24) is 0 Å². The molecule has 0 radical (unpaired) electrons. The first-order valence-corrected chi connectivity index (χ1v) is 8.08. The molecule has 2 aromatic carbocycles. The van der Waals surface area contributed by atoms with Gasteiger partial charge in [0.1, 0.15) is 11.6 Å². The van der Waals surface area contributed by atoms with Crippen molar-refractivity contribution in [3.63, 3.8) is 0 Å². The van der Waals surface area contributed by atoms with Gasteiger partial charge in [-0.1, -0.05) is 11.6 Å². The fraction of sp³-hybridized carbons (Fsp3) is 0.222. The van der Waals surface area contributed by atoms with Crippen LogP contribution in [0.1, 0.15) is 27.1 Å². The van der Waals surface area contributed by atoms with E-state index in [1.807, 2.05) is 0 Å². The van der Waals surface area contributed by atoms with E-state index in [0.29, 0.717) is 31.1 Å². The lowest BCUT2D eigenvalue weighted by Crippen LogP contribution is -2.16. The van der Waals surface area contributed by atoms with Crippen LogP contribution in [0.15, 0.2) is 30.3 Å². The van der Waals surface area contributed by atoms with Crippen molar-refractivity contribution in [1.29, 1.82) is 0 Å². The summed E-state index contributed by atoms with van der Waals surface area (Å²) in [7, 11) is 0. The highest BCUT2D eigenvalue weighted by atomic mass is 35.5. The van der Waals surface area contributed by atoms with Crippen LogP contribution in [0.2, 0.25) is 5.02 Å². The minimum Gasteiger partial charge on any atom is -0.489 e. The van der Waals surface area contributed by atoms with Gasteiger partial charge in [-0.3, -0.25) is 4.79 Å². The molecule has 0 N–H and O–H groups in total. The topological polar surface area (TPSA) is 61.8 Å². The van der Waals surface area contributed by atoms with Crippen LogP contribution < -0.4 is 9.47 Å². The minimum atomic E-state index is -0.897. The van der Waals surface area contributed by atoms with Gasteiger partial charge in [0.05, 0.1) is 29.4 Å². The molecule has 2 aromatic rings. The van der Waals surface area contributed by atoms with Gasteiger partial charge in [0.2, 0.25) is 5.78 Å². The lowest BCUT2D eigenvalue weighted by atomic mass is 10.1. The first-order chi connectivity index (χ1) is 12.5. The van der Waals surface area contributed by atoms with Crippen LogP contribution >= 0.6 is 11.6 Å². The molecule has 5 nitrogen and oxygen atoms in total. The first-order valence-electron chi connectivity index (χ1n) is 7.70. The van der Waals surface area contributed by atoms with Crippen LogP contribution in [0.3, 0.4) is 0 Å². The zero-order chi connectivity index (χ0) is 18.7. The quantitative estimate of drug-likeness (QED) is 0.594. The Balaban J connectivity index is 1.72. The van der Waals surface area contributed by atoms with Gasteiger partial charge in [-0.15, -0.1) is 0 Å². The molecule has 0 amide bonds. The molecule has 0 fully saturated rings. The summed E-state index contributed by atoms with van der Waals surface area (Å²) in [4.78, 5) is 24.1. The Bertz CT molecular complexity index is 869. The maximum Gasteiger partial charge on any atom is 0.338 e. The van der Waals surface area contributed by atoms with Crippen molar-refractivity contribution in [3.05, 3.63) is 58.1 Å². The zero-order valence-corrected chi connectivity index (χ0v) is 14.1. The summed E-state index contributed by atoms with van der Waals surface area (Å²) in [5, 5.41) is 0.166. The van der Waals surface area contributed by atoms with Crippen molar-refractivity contribution in [3.8, 4) is 11.5 Å². The summed E-state index contributed by atoms with van der Waals surface area (Å²) in [6.07, 6.45) is 0.665. The Morgan fingerprint density at radius 2 is 1.88 bits per heavy atom. The second-order valence-corrected chi connectivity index (χ2v) is 5.87. The van der Waals surface area contributed by atoms with Gasteiger partial charge in [0.15, 0.2) is 18.1 Å². The number of ketones is 1. The molecule has 0 unspecified atom stereocenters. The summed E-state index contributed by atoms with van der Waals surface area (Å²) in [5.41, 5.74) is -0.443. The number of ether oxygens (including phenoxy) is 3. The number of carbonyl (C=O) groups excluding carboxylic acids is 2. The summed E-state index contributed by atoms with van der Waals surface area (Å²) in [5.74, 6) is -2.76. The van der Waals surface area contributed by atoms with Crippen molar-refractivity contribution < 1.29 is 32.6 Å². The summed E-state index contributed by atoms with van der Waals surface area (Å²) in [6.45, 7) is 0.0919. The van der Waals surface area contributed by atoms with Gasteiger partial charge in [-0.05, 0) is 30.3 Å². The summed E-state index contributed by atoms with van der Waals surface area (Å²) < 4.78 is 42.5. The molecule has 0 atom stereocenters. The van der Waals surface area contributed by atoms with Crippen LogP contribution in [-0.4, -0.2) is 31.6 Å². The maximum absolute atomic E-state index is 13.6. The lowest BCUT2D eigenvalue weighted by molar-refractivity contribution is 0.0473. The molecule has 1 heterocycles. The SMILES string of the molecule is O=C(OCC(=O)c1cc(F)ccc1F)c1cc(Cl)c2c(c1)OCCCO2. The van der Waals surface area contributed by atoms with Crippen LogP contribution in [-0.2, 0) is 4.74 Å². The smallest absolute Gasteiger partial charge is 0.338 e. The van der Waals surface area contributed by atoms with E-state index in [2.05, 4.69) is 0 Å². The van der Waals surface area contributed by atoms with E-state index >= 15 is 0 Å². The predicted octanol–water partition coefficient (Wildman–Crippen LogP) is 3.82. The van der Waals surface area contributed by atoms with Crippen LogP contribution in [0.4, 0.5) is 8.78 Å². The molecule has 0 aromatic heterocycles. The van der Waals surface area contributed by atoms with Crippen molar-refractivity contribution >= 4 is 23.4 Å². The van der Waals surface area contributed by atoms with E-state index in [1.165, 1.54) is 12.1 Å². The normalized spacial score (nSPS) is 13.0. The average Bonchev–Trinajstić information content (AvgIpc) is 2.87. The molecule has 1 aliphatic rings. The number of fused-ring (bicyclic) bond motifs is 1. The highest BCUT2D eigenvalue weighted by molar-refractivity contribution is 6.32. The third-order valence-corrected chi connectivity index (χ3v) is 3.88. The molecule has 0 saturated carbocycles. The Morgan fingerprint density at radius 1 is 1.12 bits per heavy atom. The standard InChI is InChI=1S/C18H13ClF2O5/c19-13-6-10(7-16-17(13)25-5-1-4-24-16)18(23)26-9-15(22)12-8-11(20)2-3-14(12)21/h2-3,6-8H,1,4-5,9H2. The van der Waals surface area contributed by atoms with Gasteiger partial charge in [0, 0.05) is 6.42 Å². The number of esters is 1. The molecule has 0 spiro atoms. The Hall–Kier alpha value is -2.67. The number of Topliss-reactive ketones (excluding diaryl/α,β-unsaturated/α-hetero) is 1. The van der Waals surface area contributed by atoms with Gasteiger partial charge in [-0.25, -0.2) is 13.6 Å². The number of hydrogen-bond donors (Lipinski definition) is 0. The highest BCUT2D eigenvalue weighted by Gasteiger charge is 2.21. The maximum atomic E-state index is 13.6. The molecule has 0 bridgehead atoms. The molecule has 0 saturated heterocycles. The largest absolute Gasteiger partial charge is 0.489 e. The predicted molar refractivity (Wildman–Crippen MR) is 88.0 cm³/mol. The summed E-state index contributed by atoms with van der Waals surface area (Å²) in [6, 6.07) is 5.18. The molecule has 0 aliphatic carbocycles. The van der Waals surface area contributed by atoms with Crippen LogP contribution in [0, 0.1) is 11.6 Å². The second kappa shape index (κ2) is 7.70. The van der Waals surface area contributed by atoms with E-state index in [1.54, 1.807) is 0 Å². The molecule has 1 aliphatic heterocycles. The fourth-order valence-electron chi connectivity index (χ4n) is 2.35. The summed E-state index contributed by atoms with van der Waals surface area (Å²) >= 11 is 6.09. The van der Waals surface area contributed by atoms with Crippen LogP contribution in [0.25, 0.3) is 0 Å². The van der Waals surface area contributed by atoms with Gasteiger partial charge < -0.3 is 14.2 Å². The number of rotatable bonds is 4. The molecule has 26 heavy (non-hydrogen) atoms. The van der Waals surface area contributed by atoms with E-state index in [4.69, 9.17) is 25.8 Å². The molecule has 8 heteroatoms. The monoisotopic (exact) mass is 382 g/mol. The Labute approximate surface area is 152 Å². The number of carbonyl (C=O) groups is 2. The van der Waals surface area contributed by atoms with Gasteiger partial charge >= 0.3 is 5.97 Å². The van der Waals surface area contributed by atoms with Gasteiger partial charge in [0.25, 0.3) is 0 Å². The van der Waals surface area contributed by atoms with Gasteiger partial charge in [-0.2, -0.15) is 0 Å². The second-order valence-electron chi connectivity index (χ2n) is 5.46. The molecule has 136 valence electrons. The number of halogens is 3. The number of benzene rings is 2. The Morgan fingerprint density at radius 3 is 2.69 bits per heavy atom. The van der Waals surface area contributed by atoms with E-state index in [-0.39, 0.29) is 10.6 Å². The third kappa shape index (κ3) is 3.94. The zero-order valence-electron chi connectivity index (χ0n) is 13.4. The van der Waals surface area contributed by atoms with Crippen molar-refractivity contribution in [2.75, 3.05) is 19.8 Å². The number of hydrogen-bond acceptors (Lipinski definition) is 5. The molecular weight excluding hydrogens is 370 g/mol. The van der Waals surface area contributed by atoms with Crippen LogP contribution in [0.5, 0.6) is 11.5 Å².